The molecule has 1 N–H and O–H groups in total. The minimum atomic E-state index is -0.134. The Bertz CT molecular complexity index is 1120. The Balaban J connectivity index is 1.57. The molecule has 0 saturated carbocycles. The highest BCUT2D eigenvalue weighted by molar-refractivity contribution is 5.86. The third-order valence-electron chi connectivity index (χ3n) is 4.47. The Kier molecular flexibility index (Phi) is 4.62. The van der Waals surface area contributed by atoms with Crippen molar-refractivity contribution in [2.24, 2.45) is 0 Å². The summed E-state index contributed by atoms with van der Waals surface area (Å²) < 4.78 is 11.0. The van der Waals surface area contributed by atoms with E-state index in [1.807, 2.05) is 72.8 Å². The van der Waals surface area contributed by atoms with E-state index in [0.717, 1.165) is 28.0 Å². The second kappa shape index (κ2) is 7.38. The molecule has 0 unspecified atom stereocenters. The lowest BCUT2D eigenvalue weighted by atomic mass is 10.1. The number of hydrogen-bond donors (Lipinski definition) is 1. The van der Waals surface area contributed by atoms with Crippen LogP contribution in [0.5, 0.6) is 11.5 Å². The summed E-state index contributed by atoms with van der Waals surface area (Å²) >= 11 is 0. The van der Waals surface area contributed by atoms with Crippen molar-refractivity contribution < 1.29 is 9.47 Å². The first-order chi connectivity index (χ1) is 13.2. The molecule has 1 aromatic heterocycles. The number of fused-ring (bicyclic) bond motifs is 1. The van der Waals surface area contributed by atoms with Crippen LogP contribution in [0.25, 0.3) is 22.0 Å². The average Bonchev–Trinajstić information content (AvgIpc) is 2.73. The van der Waals surface area contributed by atoms with Crippen molar-refractivity contribution in [2.75, 3.05) is 7.11 Å². The van der Waals surface area contributed by atoms with E-state index in [2.05, 4.69) is 4.98 Å². The van der Waals surface area contributed by atoms with Gasteiger partial charge in [0.25, 0.3) is 5.56 Å². The first-order valence-corrected chi connectivity index (χ1v) is 8.71. The Morgan fingerprint density at radius 1 is 0.852 bits per heavy atom. The molecule has 0 amide bonds. The van der Waals surface area contributed by atoms with Gasteiger partial charge >= 0.3 is 0 Å². The second-order valence-electron chi connectivity index (χ2n) is 6.26. The highest BCUT2D eigenvalue weighted by Gasteiger charge is 2.06. The summed E-state index contributed by atoms with van der Waals surface area (Å²) in [5.41, 5.74) is 2.69. The lowest BCUT2D eigenvalue weighted by Gasteiger charge is -2.08. The van der Waals surface area contributed by atoms with Crippen LogP contribution in [0.4, 0.5) is 0 Å². The average molecular weight is 357 g/mol. The van der Waals surface area contributed by atoms with Gasteiger partial charge in [0.15, 0.2) is 0 Å². The molecule has 0 spiro atoms. The maximum Gasteiger partial charge on any atom is 0.256 e. The molecule has 0 radical (unpaired) electrons. The smallest absolute Gasteiger partial charge is 0.256 e. The van der Waals surface area contributed by atoms with E-state index in [1.54, 1.807) is 13.2 Å². The first-order valence-electron chi connectivity index (χ1n) is 8.71. The van der Waals surface area contributed by atoms with Crippen LogP contribution < -0.4 is 15.0 Å². The number of hydrogen-bond acceptors (Lipinski definition) is 3. The van der Waals surface area contributed by atoms with Crippen LogP contribution in [0.2, 0.25) is 0 Å². The van der Waals surface area contributed by atoms with E-state index in [4.69, 9.17) is 9.47 Å². The summed E-state index contributed by atoms with van der Waals surface area (Å²) in [6, 6.07) is 25.2. The number of nitrogens with one attached hydrogen (secondary N) is 1. The molecule has 4 aromatic rings. The predicted octanol–water partition coefficient (Wildman–Crippen LogP) is 4.78. The van der Waals surface area contributed by atoms with Crippen molar-refractivity contribution in [3.05, 3.63) is 94.8 Å². The van der Waals surface area contributed by atoms with Gasteiger partial charge in [-0.2, -0.15) is 0 Å². The van der Waals surface area contributed by atoms with Gasteiger partial charge in [-0.1, -0.05) is 36.4 Å². The summed E-state index contributed by atoms with van der Waals surface area (Å²) in [6.07, 6.45) is 0. The molecule has 27 heavy (non-hydrogen) atoms. The third-order valence-corrected chi connectivity index (χ3v) is 4.47. The number of pyridine rings is 1. The maximum absolute atomic E-state index is 12.4. The molecule has 0 bridgehead atoms. The van der Waals surface area contributed by atoms with Gasteiger partial charge in [-0.3, -0.25) is 4.79 Å². The number of benzene rings is 3. The summed E-state index contributed by atoms with van der Waals surface area (Å²) in [5.74, 6) is 1.45. The Labute approximate surface area is 157 Å². The van der Waals surface area contributed by atoms with Crippen molar-refractivity contribution in [1.29, 1.82) is 0 Å². The monoisotopic (exact) mass is 357 g/mol. The summed E-state index contributed by atoms with van der Waals surface area (Å²) in [7, 11) is 1.59. The van der Waals surface area contributed by atoms with Crippen LogP contribution >= 0.6 is 0 Å². The van der Waals surface area contributed by atoms with E-state index in [0.29, 0.717) is 17.7 Å². The second-order valence-corrected chi connectivity index (χ2v) is 6.26. The molecule has 0 aliphatic heterocycles. The summed E-state index contributed by atoms with van der Waals surface area (Å²) in [6.45, 7) is 0.523. The maximum atomic E-state index is 12.4. The molecule has 4 rings (SSSR count). The molecule has 0 saturated heterocycles. The Hall–Kier alpha value is -3.53. The van der Waals surface area contributed by atoms with Gasteiger partial charge in [0, 0.05) is 5.69 Å². The van der Waals surface area contributed by atoms with Gasteiger partial charge in [-0.25, -0.2) is 0 Å². The van der Waals surface area contributed by atoms with E-state index >= 15 is 0 Å². The van der Waals surface area contributed by atoms with Crippen molar-refractivity contribution in [2.45, 2.75) is 6.61 Å². The van der Waals surface area contributed by atoms with E-state index in [1.165, 1.54) is 0 Å². The van der Waals surface area contributed by atoms with Gasteiger partial charge < -0.3 is 14.5 Å². The quantitative estimate of drug-likeness (QED) is 0.559. The molecule has 0 fully saturated rings. The minimum Gasteiger partial charge on any atom is -0.497 e. The molecule has 0 atom stereocenters. The van der Waals surface area contributed by atoms with E-state index in [-0.39, 0.29) is 5.56 Å². The number of aromatic nitrogens is 1. The van der Waals surface area contributed by atoms with Gasteiger partial charge in [-0.05, 0) is 59.0 Å². The van der Waals surface area contributed by atoms with Crippen molar-refractivity contribution in [1.82, 2.24) is 4.98 Å². The Morgan fingerprint density at radius 3 is 2.33 bits per heavy atom. The zero-order valence-electron chi connectivity index (χ0n) is 14.9. The standard InChI is InChI=1S/C23H19NO3/c1-26-20-12-9-18-13-22(24-23(25)21(18)14-20)17-7-10-19(11-8-17)27-15-16-5-3-2-4-6-16/h2-14H,15H2,1H3,(H,24,25). The number of rotatable bonds is 5. The fraction of sp³-hybridized carbons (Fsp3) is 0.0870. The van der Waals surface area contributed by atoms with Crippen LogP contribution in [0, 0.1) is 0 Å². The molecule has 4 heteroatoms. The van der Waals surface area contributed by atoms with E-state index < -0.39 is 0 Å². The normalized spacial score (nSPS) is 10.7. The largest absolute Gasteiger partial charge is 0.497 e. The fourth-order valence-corrected chi connectivity index (χ4v) is 2.99. The first kappa shape index (κ1) is 16.9. The van der Waals surface area contributed by atoms with Crippen molar-refractivity contribution in [3.63, 3.8) is 0 Å². The minimum absolute atomic E-state index is 0.134. The van der Waals surface area contributed by atoms with Crippen molar-refractivity contribution in [3.8, 4) is 22.8 Å². The van der Waals surface area contributed by atoms with Gasteiger partial charge in [0.2, 0.25) is 0 Å². The SMILES string of the molecule is COc1ccc2cc(-c3ccc(OCc4ccccc4)cc3)[nH]c(=O)c2c1. The lowest BCUT2D eigenvalue weighted by molar-refractivity contribution is 0.306. The molecule has 4 nitrogen and oxygen atoms in total. The zero-order valence-corrected chi connectivity index (χ0v) is 14.9. The number of ether oxygens (including phenoxy) is 2. The lowest BCUT2D eigenvalue weighted by Crippen LogP contribution is -2.07. The van der Waals surface area contributed by atoms with Crippen LogP contribution in [0.1, 0.15) is 5.56 Å². The van der Waals surface area contributed by atoms with Gasteiger partial charge in [-0.15, -0.1) is 0 Å². The molecule has 1 heterocycles. The summed E-state index contributed by atoms with van der Waals surface area (Å²) in [5, 5.41) is 1.49. The van der Waals surface area contributed by atoms with E-state index in [9.17, 15) is 4.79 Å². The number of aromatic amines is 1. The third kappa shape index (κ3) is 3.70. The Morgan fingerprint density at radius 2 is 1.59 bits per heavy atom. The number of H-pyrrole nitrogens is 1. The highest BCUT2D eigenvalue weighted by Crippen LogP contribution is 2.24. The highest BCUT2D eigenvalue weighted by atomic mass is 16.5. The van der Waals surface area contributed by atoms with Crippen LogP contribution in [-0.4, -0.2) is 12.1 Å². The van der Waals surface area contributed by atoms with Crippen LogP contribution in [0.3, 0.4) is 0 Å². The van der Waals surface area contributed by atoms with Crippen molar-refractivity contribution >= 4 is 10.8 Å². The molecule has 134 valence electrons. The molecule has 0 aliphatic carbocycles. The molecule has 3 aromatic carbocycles. The van der Waals surface area contributed by atoms with Crippen LogP contribution in [0.15, 0.2) is 83.7 Å². The zero-order chi connectivity index (χ0) is 18.6. The predicted molar refractivity (Wildman–Crippen MR) is 107 cm³/mol. The van der Waals surface area contributed by atoms with Crippen LogP contribution in [-0.2, 0) is 6.61 Å². The summed E-state index contributed by atoms with van der Waals surface area (Å²) in [4.78, 5) is 15.4. The topological polar surface area (TPSA) is 51.3 Å². The van der Waals surface area contributed by atoms with Gasteiger partial charge in [0.1, 0.15) is 18.1 Å². The molecule has 0 aliphatic rings. The fourth-order valence-electron chi connectivity index (χ4n) is 2.99. The molecular formula is C23H19NO3. The number of methoxy groups -OCH3 is 1. The van der Waals surface area contributed by atoms with Gasteiger partial charge in [0.05, 0.1) is 12.5 Å². The molecular weight excluding hydrogens is 338 g/mol.